The van der Waals surface area contributed by atoms with Crippen LogP contribution in [0.1, 0.15) is 34.0 Å². The number of rotatable bonds is 8. The standard InChI is InChI=1S/C22H29FN4O3S/c1-5-24-22(27-14-17-7-9-20(16(3)12-17)31(4,29)30)26-11-10-25-21(28)18-8-6-15(2)19(23)13-18/h6-9,12-13H,5,10-11,14H2,1-4H3,(H,25,28)(H2,24,26,27). The number of carbonyl (C=O) groups is 1. The SMILES string of the molecule is CCNC(=NCc1ccc(S(C)(=O)=O)c(C)c1)NCCNC(=O)c1ccc(C)c(F)c1. The van der Waals surface area contributed by atoms with Gasteiger partial charge in [-0.15, -0.1) is 0 Å². The Morgan fingerprint density at radius 2 is 1.71 bits per heavy atom. The first-order valence-electron chi connectivity index (χ1n) is 9.98. The minimum absolute atomic E-state index is 0.275. The number of carbonyl (C=O) groups excluding carboxylic acids is 1. The molecule has 31 heavy (non-hydrogen) atoms. The smallest absolute Gasteiger partial charge is 0.251 e. The summed E-state index contributed by atoms with van der Waals surface area (Å²) in [6.45, 7) is 7.14. The Labute approximate surface area is 183 Å². The molecule has 0 aromatic heterocycles. The molecule has 0 fully saturated rings. The fraction of sp³-hybridized carbons (Fsp3) is 0.364. The molecule has 9 heteroatoms. The first-order chi connectivity index (χ1) is 14.6. The molecule has 3 N–H and O–H groups in total. The van der Waals surface area contributed by atoms with E-state index in [0.29, 0.717) is 48.2 Å². The average Bonchev–Trinajstić information content (AvgIpc) is 2.70. The summed E-state index contributed by atoms with van der Waals surface area (Å²) in [5, 5.41) is 8.98. The van der Waals surface area contributed by atoms with Crippen LogP contribution in [0.5, 0.6) is 0 Å². The van der Waals surface area contributed by atoms with Crippen molar-refractivity contribution < 1.29 is 17.6 Å². The molecule has 0 unspecified atom stereocenters. The van der Waals surface area contributed by atoms with Crippen LogP contribution in [-0.4, -0.2) is 46.2 Å². The zero-order valence-electron chi connectivity index (χ0n) is 18.3. The van der Waals surface area contributed by atoms with Crippen LogP contribution in [0.3, 0.4) is 0 Å². The largest absolute Gasteiger partial charge is 0.357 e. The van der Waals surface area contributed by atoms with Crippen LogP contribution in [0.15, 0.2) is 46.3 Å². The predicted molar refractivity (Wildman–Crippen MR) is 121 cm³/mol. The van der Waals surface area contributed by atoms with Crippen LogP contribution >= 0.6 is 0 Å². The second-order valence-corrected chi connectivity index (χ2v) is 9.20. The maximum Gasteiger partial charge on any atom is 0.251 e. The Kier molecular flexibility index (Phi) is 8.56. The zero-order valence-corrected chi connectivity index (χ0v) is 19.1. The number of aliphatic imine (C=N–C) groups is 1. The van der Waals surface area contributed by atoms with E-state index >= 15 is 0 Å². The third-order valence-electron chi connectivity index (χ3n) is 4.54. The van der Waals surface area contributed by atoms with Crippen molar-refractivity contribution in [1.29, 1.82) is 0 Å². The van der Waals surface area contributed by atoms with Crippen molar-refractivity contribution in [2.45, 2.75) is 32.2 Å². The molecule has 1 amide bonds. The third-order valence-corrected chi connectivity index (χ3v) is 5.80. The Morgan fingerprint density at radius 1 is 1.00 bits per heavy atom. The Balaban J connectivity index is 1.90. The second kappa shape index (κ2) is 10.9. The summed E-state index contributed by atoms with van der Waals surface area (Å²) in [4.78, 5) is 16.9. The third kappa shape index (κ3) is 7.36. The van der Waals surface area contributed by atoms with E-state index in [2.05, 4.69) is 20.9 Å². The van der Waals surface area contributed by atoms with E-state index in [1.165, 1.54) is 12.3 Å². The van der Waals surface area contributed by atoms with Gasteiger partial charge in [0, 0.05) is 31.5 Å². The highest BCUT2D eigenvalue weighted by atomic mass is 32.2. The predicted octanol–water partition coefficient (Wildman–Crippen LogP) is 2.33. The van der Waals surface area contributed by atoms with Crippen LogP contribution in [0, 0.1) is 19.7 Å². The first kappa shape index (κ1) is 24.3. The number of benzene rings is 2. The van der Waals surface area contributed by atoms with Gasteiger partial charge in [0.15, 0.2) is 15.8 Å². The molecule has 7 nitrogen and oxygen atoms in total. The number of nitrogens with one attached hydrogen (secondary N) is 3. The fourth-order valence-electron chi connectivity index (χ4n) is 2.93. The number of hydrogen-bond donors (Lipinski definition) is 3. The molecule has 0 saturated carbocycles. The van der Waals surface area contributed by atoms with Crippen LogP contribution in [0.4, 0.5) is 4.39 Å². The molecule has 0 spiro atoms. The second-order valence-electron chi connectivity index (χ2n) is 7.21. The van der Waals surface area contributed by atoms with Crippen molar-refractivity contribution >= 4 is 21.7 Å². The quantitative estimate of drug-likeness (QED) is 0.327. The number of guanidine groups is 1. The summed E-state index contributed by atoms with van der Waals surface area (Å²) in [5.74, 6) is -0.181. The molecule has 2 aromatic rings. The minimum atomic E-state index is -3.25. The van der Waals surface area contributed by atoms with Gasteiger partial charge in [0.2, 0.25) is 0 Å². The Morgan fingerprint density at radius 3 is 2.32 bits per heavy atom. The van der Waals surface area contributed by atoms with Gasteiger partial charge in [0.1, 0.15) is 5.82 Å². The minimum Gasteiger partial charge on any atom is -0.357 e. The van der Waals surface area contributed by atoms with Crippen LogP contribution in [0.2, 0.25) is 0 Å². The first-order valence-corrected chi connectivity index (χ1v) is 11.9. The van der Waals surface area contributed by atoms with E-state index in [-0.39, 0.29) is 11.5 Å². The van der Waals surface area contributed by atoms with Crippen molar-refractivity contribution in [3.05, 3.63) is 64.5 Å². The van der Waals surface area contributed by atoms with E-state index in [1.807, 2.05) is 13.0 Å². The number of amides is 1. The molecule has 0 aliphatic rings. The van der Waals surface area contributed by atoms with Gasteiger partial charge in [-0.05, 0) is 55.7 Å². The Bertz CT molecular complexity index is 1070. The monoisotopic (exact) mass is 448 g/mol. The summed E-state index contributed by atoms with van der Waals surface area (Å²) in [7, 11) is -3.25. The topological polar surface area (TPSA) is 99.7 Å². The lowest BCUT2D eigenvalue weighted by molar-refractivity contribution is 0.0954. The molecular weight excluding hydrogens is 419 g/mol. The van der Waals surface area contributed by atoms with Gasteiger partial charge in [-0.3, -0.25) is 4.79 Å². The molecular formula is C22H29FN4O3S. The van der Waals surface area contributed by atoms with E-state index in [9.17, 15) is 17.6 Å². The van der Waals surface area contributed by atoms with E-state index in [0.717, 1.165) is 5.56 Å². The number of aryl methyl sites for hydroxylation is 2. The van der Waals surface area contributed by atoms with Gasteiger partial charge < -0.3 is 16.0 Å². The molecule has 0 saturated heterocycles. The molecule has 2 rings (SSSR count). The van der Waals surface area contributed by atoms with Gasteiger partial charge in [0.25, 0.3) is 5.91 Å². The molecule has 2 aromatic carbocycles. The van der Waals surface area contributed by atoms with Crippen molar-refractivity contribution in [2.24, 2.45) is 4.99 Å². The van der Waals surface area contributed by atoms with Gasteiger partial charge in [-0.25, -0.2) is 17.8 Å². The molecule has 0 atom stereocenters. The Hall–Kier alpha value is -2.94. The highest BCUT2D eigenvalue weighted by Crippen LogP contribution is 2.17. The van der Waals surface area contributed by atoms with E-state index in [1.54, 1.807) is 38.1 Å². The normalized spacial score (nSPS) is 11.8. The number of hydrogen-bond acceptors (Lipinski definition) is 4. The highest BCUT2D eigenvalue weighted by Gasteiger charge is 2.11. The average molecular weight is 449 g/mol. The zero-order chi connectivity index (χ0) is 23.0. The molecule has 0 aliphatic carbocycles. The van der Waals surface area contributed by atoms with Gasteiger partial charge in [-0.2, -0.15) is 0 Å². The van der Waals surface area contributed by atoms with Crippen molar-refractivity contribution in [2.75, 3.05) is 25.9 Å². The van der Waals surface area contributed by atoms with Crippen LogP contribution in [0.25, 0.3) is 0 Å². The summed E-state index contributed by atoms with van der Waals surface area (Å²) in [6.07, 6.45) is 1.19. The highest BCUT2D eigenvalue weighted by molar-refractivity contribution is 7.90. The van der Waals surface area contributed by atoms with Gasteiger partial charge in [-0.1, -0.05) is 18.2 Å². The molecule has 168 valence electrons. The molecule has 0 bridgehead atoms. The summed E-state index contributed by atoms with van der Waals surface area (Å²) >= 11 is 0. The summed E-state index contributed by atoms with van der Waals surface area (Å²) in [6, 6.07) is 9.54. The van der Waals surface area contributed by atoms with Crippen molar-refractivity contribution in [3.63, 3.8) is 0 Å². The van der Waals surface area contributed by atoms with Gasteiger partial charge in [0.05, 0.1) is 11.4 Å². The summed E-state index contributed by atoms with van der Waals surface area (Å²) < 4.78 is 37.1. The fourth-order valence-corrected chi connectivity index (χ4v) is 3.89. The number of halogens is 1. The number of nitrogens with zero attached hydrogens (tertiary/aromatic N) is 1. The maximum absolute atomic E-state index is 13.6. The molecule has 0 aliphatic heterocycles. The lowest BCUT2D eigenvalue weighted by Crippen LogP contribution is -2.41. The molecule has 0 radical (unpaired) electrons. The van der Waals surface area contributed by atoms with Crippen LogP contribution < -0.4 is 16.0 Å². The lowest BCUT2D eigenvalue weighted by Gasteiger charge is -2.12. The van der Waals surface area contributed by atoms with Gasteiger partial charge >= 0.3 is 0 Å². The summed E-state index contributed by atoms with van der Waals surface area (Å²) in [5.41, 5.74) is 2.34. The van der Waals surface area contributed by atoms with Crippen molar-refractivity contribution in [1.82, 2.24) is 16.0 Å². The van der Waals surface area contributed by atoms with Crippen molar-refractivity contribution in [3.8, 4) is 0 Å². The van der Waals surface area contributed by atoms with E-state index in [4.69, 9.17) is 0 Å². The number of sulfone groups is 1. The van der Waals surface area contributed by atoms with Crippen LogP contribution in [-0.2, 0) is 16.4 Å². The lowest BCUT2D eigenvalue weighted by atomic mass is 10.1. The molecule has 0 heterocycles. The maximum atomic E-state index is 13.6. The van der Waals surface area contributed by atoms with E-state index < -0.39 is 15.7 Å².